The number of aliphatic hydroxyl groups excluding tert-OH is 4. The molecule has 0 bridgehead atoms. The van der Waals surface area contributed by atoms with Gasteiger partial charge in [0.1, 0.15) is 31.0 Å². The molecular weight excluding hydrogens is 676 g/mol. The predicted molar refractivity (Wildman–Crippen MR) is 210 cm³/mol. The Kier molecular flexibility index (Phi) is 32.2. The second-order valence-corrected chi connectivity index (χ2v) is 14.8. The fraction of sp³-hybridized carbons (Fsp3) is 0.860. The normalized spacial score (nSPS) is 21.1. The van der Waals surface area contributed by atoms with E-state index in [4.69, 9.17) is 18.9 Å². The van der Waals surface area contributed by atoms with Crippen LogP contribution >= 0.6 is 0 Å². The van der Waals surface area contributed by atoms with Crippen molar-refractivity contribution in [1.29, 1.82) is 0 Å². The zero-order valence-electron chi connectivity index (χ0n) is 33.5. The Labute approximate surface area is 322 Å². The average Bonchev–Trinajstić information content (AvgIpc) is 3.15. The van der Waals surface area contributed by atoms with Crippen LogP contribution in [0.25, 0.3) is 0 Å². The Balaban J connectivity index is 2.36. The summed E-state index contributed by atoms with van der Waals surface area (Å²) in [6, 6.07) is 0. The molecule has 310 valence electrons. The van der Waals surface area contributed by atoms with Crippen molar-refractivity contribution in [1.82, 2.24) is 0 Å². The average molecular weight is 755 g/mol. The summed E-state index contributed by atoms with van der Waals surface area (Å²) in [6.45, 7) is 3.36. The number of ether oxygens (including phenoxy) is 4. The van der Waals surface area contributed by atoms with E-state index < -0.39 is 49.4 Å². The van der Waals surface area contributed by atoms with Gasteiger partial charge in [-0.25, -0.2) is 0 Å². The smallest absolute Gasteiger partial charge is 0.306 e. The minimum absolute atomic E-state index is 0.220. The van der Waals surface area contributed by atoms with Crippen LogP contribution in [-0.2, 0) is 28.5 Å². The molecule has 53 heavy (non-hydrogen) atoms. The summed E-state index contributed by atoms with van der Waals surface area (Å²) in [6.07, 6.45) is 28.9. The van der Waals surface area contributed by atoms with Gasteiger partial charge in [0, 0.05) is 12.8 Å². The van der Waals surface area contributed by atoms with Crippen molar-refractivity contribution in [3.05, 3.63) is 24.3 Å². The van der Waals surface area contributed by atoms with Crippen LogP contribution in [0, 0.1) is 0 Å². The van der Waals surface area contributed by atoms with Gasteiger partial charge < -0.3 is 39.4 Å². The summed E-state index contributed by atoms with van der Waals surface area (Å²) in [5.41, 5.74) is 0. The van der Waals surface area contributed by atoms with Gasteiger partial charge in [0.05, 0.1) is 13.2 Å². The van der Waals surface area contributed by atoms with Gasteiger partial charge in [-0.2, -0.15) is 0 Å². The van der Waals surface area contributed by atoms with E-state index >= 15 is 0 Å². The molecule has 0 aromatic rings. The molecule has 10 nitrogen and oxygen atoms in total. The van der Waals surface area contributed by atoms with Crippen molar-refractivity contribution in [2.24, 2.45) is 0 Å². The first kappa shape index (κ1) is 49.2. The Morgan fingerprint density at radius 3 is 1.53 bits per heavy atom. The second kappa shape index (κ2) is 34.7. The summed E-state index contributed by atoms with van der Waals surface area (Å²) in [4.78, 5) is 25.2. The minimum Gasteiger partial charge on any atom is -0.462 e. The van der Waals surface area contributed by atoms with Crippen LogP contribution in [0.3, 0.4) is 0 Å². The lowest BCUT2D eigenvalue weighted by Crippen LogP contribution is -2.59. The van der Waals surface area contributed by atoms with Gasteiger partial charge in [0.15, 0.2) is 12.4 Å². The standard InChI is InChI=1S/C43H78O10/c1-3-5-7-9-11-13-15-17-18-20-22-24-26-28-30-32-39(46)52-36(35-51-43-42(49)41(48)40(47)37(33-44)53-43)34-50-38(45)31-29-27-25-23-21-19-16-14-12-10-8-6-4-2/h9,11,14,16,36-37,40-44,47-49H,3-8,10,12-13,15,17-35H2,1-2H3/b11-9+,16-14+/t36-,37-,40+,41?,42?,43-/m1/s1. The molecule has 0 radical (unpaired) electrons. The quantitative estimate of drug-likeness (QED) is 0.0281. The lowest BCUT2D eigenvalue weighted by molar-refractivity contribution is -0.305. The number of hydrogen-bond donors (Lipinski definition) is 4. The molecule has 10 heteroatoms. The van der Waals surface area contributed by atoms with Crippen molar-refractivity contribution in [2.75, 3.05) is 19.8 Å². The summed E-state index contributed by atoms with van der Waals surface area (Å²) >= 11 is 0. The monoisotopic (exact) mass is 755 g/mol. The maximum absolute atomic E-state index is 12.7. The zero-order chi connectivity index (χ0) is 38.8. The summed E-state index contributed by atoms with van der Waals surface area (Å²) < 4.78 is 22.1. The van der Waals surface area contributed by atoms with Gasteiger partial charge in [0.2, 0.25) is 0 Å². The fourth-order valence-corrected chi connectivity index (χ4v) is 6.34. The van der Waals surface area contributed by atoms with E-state index in [1.807, 2.05) is 0 Å². The SMILES string of the molecule is CCCC/C=C/CCCCCCCCCCCC(=O)O[C@H](COC(=O)CCCCCCC/C=C/CCCCCC)CO[C@@H]1O[C@H](CO)[C@H](O)C(O)C1O. The molecule has 0 aromatic carbocycles. The molecule has 1 aliphatic rings. The molecule has 4 N–H and O–H groups in total. The number of aliphatic hydroxyl groups is 4. The van der Waals surface area contributed by atoms with E-state index in [1.54, 1.807) is 0 Å². The Hall–Kier alpha value is -1.82. The van der Waals surface area contributed by atoms with Gasteiger partial charge in [-0.15, -0.1) is 0 Å². The first-order chi connectivity index (χ1) is 25.8. The Bertz CT molecular complexity index is 923. The van der Waals surface area contributed by atoms with E-state index in [1.165, 1.54) is 89.9 Å². The maximum atomic E-state index is 12.7. The van der Waals surface area contributed by atoms with Crippen LogP contribution in [-0.4, -0.2) is 89.0 Å². The first-order valence-corrected chi connectivity index (χ1v) is 21.4. The van der Waals surface area contributed by atoms with Crippen molar-refractivity contribution in [2.45, 2.75) is 218 Å². The number of unbranched alkanes of at least 4 members (excludes halogenated alkanes) is 20. The molecule has 1 saturated heterocycles. The number of allylic oxidation sites excluding steroid dienone is 4. The zero-order valence-corrected chi connectivity index (χ0v) is 33.5. The molecule has 0 aliphatic carbocycles. The molecule has 1 heterocycles. The van der Waals surface area contributed by atoms with Crippen LogP contribution < -0.4 is 0 Å². The molecule has 6 atom stereocenters. The molecule has 0 aromatic heterocycles. The van der Waals surface area contributed by atoms with Crippen molar-refractivity contribution < 1.29 is 49.0 Å². The van der Waals surface area contributed by atoms with Gasteiger partial charge in [-0.05, 0) is 57.8 Å². The molecule has 0 amide bonds. The molecule has 1 rings (SSSR count). The van der Waals surface area contributed by atoms with Gasteiger partial charge >= 0.3 is 11.9 Å². The van der Waals surface area contributed by atoms with Gasteiger partial charge in [-0.1, -0.05) is 134 Å². The third-order valence-electron chi connectivity index (χ3n) is 9.81. The topological polar surface area (TPSA) is 152 Å². The molecule has 1 aliphatic heterocycles. The molecule has 1 fully saturated rings. The number of carbonyl (C=O) groups excluding carboxylic acids is 2. The van der Waals surface area contributed by atoms with Crippen LogP contribution in [0.1, 0.15) is 181 Å². The summed E-state index contributed by atoms with van der Waals surface area (Å²) in [7, 11) is 0. The van der Waals surface area contributed by atoms with Gasteiger partial charge in [0.25, 0.3) is 0 Å². The Morgan fingerprint density at radius 2 is 1.02 bits per heavy atom. The second-order valence-electron chi connectivity index (χ2n) is 14.8. The van der Waals surface area contributed by atoms with Crippen molar-refractivity contribution in [3.63, 3.8) is 0 Å². The minimum atomic E-state index is -1.59. The third-order valence-corrected chi connectivity index (χ3v) is 9.81. The third kappa shape index (κ3) is 26.6. The lowest BCUT2D eigenvalue weighted by Gasteiger charge is -2.39. The van der Waals surface area contributed by atoms with Crippen LogP contribution in [0.5, 0.6) is 0 Å². The Morgan fingerprint density at radius 1 is 0.566 bits per heavy atom. The first-order valence-electron chi connectivity index (χ1n) is 21.4. The molecule has 2 unspecified atom stereocenters. The van der Waals surface area contributed by atoms with Crippen LogP contribution in [0.15, 0.2) is 24.3 Å². The molecule has 0 saturated carbocycles. The van der Waals surface area contributed by atoms with Crippen molar-refractivity contribution >= 4 is 11.9 Å². The maximum Gasteiger partial charge on any atom is 0.306 e. The van der Waals surface area contributed by atoms with Gasteiger partial charge in [-0.3, -0.25) is 9.59 Å². The predicted octanol–water partition coefficient (Wildman–Crippen LogP) is 8.55. The number of hydrogen-bond acceptors (Lipinski definition) is 10. The fourth-order valence-electron chi connectivity index (χ4n) is 6.34. The number of esters is 2. The van der Waals surface area contributed by atoms with E-state index in [9.17, 15) is 30.0 Å². The van der Waals surface area contributed by atoms with Crippen LogP contribution in [0.2, 0.25) is 0 Å². The highest BCUT2D eigenvalue weighted by Gasteiger charge is 2.44. The van der Waals surface area contributed by atoms with E-state index in [0.29, 0.717) is 12.8 Å². The largest absolute Gasteiger partial charge is 0.462 e. The van der Waals surface area contributed by atoms with Crippen LogP contribution in [0.4, 0.5) is 0 Å². The summed E-state index contributed by atoms with van der Waals surface area (Å²) in [5.74, 6) is -0.817. The van der Waals surface area contributed by atoms with E-state index in [2.05, 4.69) is 38.2 Å². The number of rotatable bonds is 35. The molecular formula is C43H78O10. The molecule has 0 spiro atoms. The van der Waals surface area contributed by atoms with Crippen molar-refractivity contribution in [3.8, 4) is 0 Å². The summed E-state index contributed by atoms with van der Waals surface area (Å²) in [5, 5.41) is 40.0. The number of carbonyl (C=O) groups is 2. The van der Waals surface area contributed by atoms with E-state index in [-0.39, 0.29) is 32.0 Å². The lowest BCUT2D eigenvalue weighted by atomic mass is 9.99. The van der Waals surface area contributed by atoms with E-state index in [0.717, 1.165) is 51.4 Å². The highest BCUT2D eigenvalue weighted by atomic mass is 16.7. The highest BCUT2D eigenvalue weighted by Crippen LogP contribution is 2.22. The highest BCUT2D eigenvalue weighted by molar-refractivity contribution is 5.70.